The zero-order valence-corrected chi connectivity index (χ0v) is 10.2. The maximum absolute atomic E-state index is 13.5. The Kier molecular flexibility index (Phi) is 3.15. The van der Waals surface area contributed by atoms with Gasteiger partial charge in [-0.2, -0.15) is 0 Å². The van der Waals surface area contributed by atoms with Crippen molar-refractivity contribution in [1.82, 2.24) is 5.32 Å². The second-order valence-electron chi connectivity index (χ2n) is 5.50. The van der Waals surface area contributed by atoms with Crippen LogP contribution >= 0.6 is 0 Å². The normalized spacial score (nSPS) is 31.7. The van der Waals surface area contributed by atoms with Crippen LogP contribution in [0.25, 0.3) is 0 Å². The van der Waals surface area contributed by atoms with Crippen molar-refractivity contribution >= 4 is 0 Å². The maximum Gasteiger partial charge on any atom is 0.126 e. The van der Waals surface area contributed by atoms with E-state index in [0.29, 0.717) is 6.04 Å². The van der Waals surface area contributed by atoms with Crippen LogP contribution in [0.5, 0.6) is 0 Å². The first-order valence-corrected chi connectivity index (χ1v) is 6.81. The predicted octanol–water partition coefficient (Wildman–Crippen LogP) is 3.15. The summed E-state index contributed by atoms with van der Waals surface area (Å²) in [5.41, 5.74) is 0.871. The third kappa shape index (κ3) is 2.23. The number of rotatable bonds is 3. The number of hydrogen-bond acceptors (Lipinski definition) is 1. The standard InChI is InChI=1S/C15H20FN/c16-14-7-2-1-4-11(14)8-9-15-13-6-3-5-12(13)10-17-15/h1-2,4,7,12-13,15,17H,3,5-6,8-10H2. The molecular formula is C15H20FN. The van der Waals surface area contributed by atoms with Crippen LogP contribution < -0.4 is 5.32 Å². The lowest BCUT2D eigenvalue weighted by atomic mass is 9.90. The molecule has 1 saturated heterocycles. The SMILES string of the molecule is Fc1ccccc1CCC1NCC2CCCC21. The first kappa shape index (κ1) is 11.2. The number of hydrogen-bond donors (Lipinski definition) is 1. The molecule has 3 rings (SSSR count). The fourth-order valence-electron chi connectivity index (χ4n) is 3.63. The molecule has 17 heavy (non-hydrogen) atoms. The van der Waals surface area contributed by atoms with Crippen LogP contribution in [0.2, 0.25) is 0 Å². The van der Waals surface area contributed by atoms with Gasteiger partial charge in [0.1, 0.15) is 5.82 Å². The largest absolute Gasteiger partial charge is 0.313 e. The Labute approximate surface area is 102 Å². The quantitative estimate of drug-likeness (QED) is 0.845. The summed E-state index contributed by atoms with van der Waals surface area (Å²) in [5, 5.41) is 3.63. The number of aryl methyl sites for hydroxylation is 1. The van der Waals surface area contributed by atoms with E-state index in [1.807, 2.05) is 12.1 Å². The number of benzene rings is 1. The van der Waals surface area contributed by atoms with Gasteiger partial charge in [-0.1, -0.05) is 24.6 Å². The van der Waals surface area contributed by atoms with Crippen LogP contribution in [-0.4, -0.2) is 12.6 Å². The minimum absolute atomic E-state index is 0.0477. The Morgan fingerprint density at radius 2 is 2.12 bits per heavy atom. The maximum atomic E-state index is 13.5. The van der Waals surface area contributed by atoms with Gasteiger partial charge in [0, 0.05) is 6.04 Å². The molecule has 3 atom stereocenters. The monoisotopic (exact) mass is 233 g/mol. The van der Waals surface area contributed by atoms with E-state index in [1.165, 1.54) is 25.8 Å². The zero-order chi connectivity index (χ0) is 11.7. The summed E-state index contributed by atoms with van der Waals surface area (Å²) in [7, 11) is 0. The van der Waals surface area contributed by atoms with Gasteiger partial charge in [-0.05, 0) is 55.7 Å². The van der Waals surface area contributed by atoms with E-state index in [-0.39, 0.29) is 5.82 Å². The molecule has 1 aliphatic carbocycles. The van der Waals surface area contributed by atoms with Gasteiger partial charge in [0.25, 0.3) is 0 Å². The molecule has 0 bridgehead atoms. The molecule has 1 aliphatic heterocycles. The lowest BCUT2D eigenvalue weighted by Crippen LogP contribution is -2.27. The fraction of sp³-hybridized carbons (Fsp3) is 0.600. The predicted molar refractivity (Wildman–Crippen MR) is 67.3 cm³/mol. The second kappa shape index (κ2) is 4.77. The Balaban J connectivity index is 1.60. The van der Waals surface area contributed by atoms with E-state index in [1.54, 1.807) is 12.1 Å². The molecule has 2 aliphatic rings. The molecular weight excluding hydrogens is 213 g/mol. The third-order valence-corrected chi connectivity index (χ3v) is 4.56. The van der Waals surface area contributed by atoms with Gasteiger partial charge < -0.3 is 5.32 Å². The topological polar surface area (TPSA) is 12.0 Å². The highest BCUT2D eigenvalue weighted by Gasteiger charge is 2.38. The summed E-state index contributed by atoms with van der Waals surface area (Å²) < 4.78 is 13.5. The Morgan fingerprint density at radius 1 is 1.24 bits per heavy atom. The molecule has 2 fully saturated rings. The highest BCUT2D eigenvalue weighted by Crippen LogP contribution is 2.39. The molecule has 0 aromatic heterocycles. The van der Waals surface area contributed by atoms with Gasteiger partial charge in [0.15, 0.2) is 0 Å². The summed E-state index contributed by atoms with van der Waals surface area (Å²) in [4.78, 5) is 0. The Hall–Kier alpha value is -0.890. The first-order valence-electron chi connectivity index (χ1n) is 6.81. The summed E-state index contributed by atoms with van der Waals surface area (Å²) in [6, 6.07) is 7.80. The lowest BCUT2D eigenvalue weighted by molar-refractivity contribution is 0.392. The third-order valence-electron chi connectivity index (χ3n) is 4.56. The molecule has 1 nitrogen and oxygen atoms in total. The molecule has 2 heteroatoms. The molecule has 1 saturated carbocycles. The second-order valence-corrected chi connectivity index (χ2v) is 5.50. The van der Waals surface area contributed by atoms with Crippen molar-refractivity contribution in [1.29, 1.82) is 0 Å². The van der Waals surface area contributed by atoms with Gasteiger partial charge >= 0.3 is 0 Å². The minimum Gasteiger partial charge on any atom is -0.313 e. The van der Waals surface area contributed by atoms with Gasteiger partial charge in [-0.25, -0.2) is 4.39 Å². The molecule has 0 radical (unpaired) electrons. The van der Waals surface area contributed by atoms with Gasteiger partial charge in [-0.15, -0.1) is 0 Å². The van der Waals surface area contributed by atoms with Gasteiger partial charge in [0.05, 0.1) is 0 Å². The molecule has 0 spiro atoms. The molecule has 1 N–H and O–H groups in total. The van der Waals surface area contributed by atoms with E-state index in [4.69, 9.17) is 0 Å². The zero-order valence-electron chi connectivity index (χ0n) is 10.2. The fourth-order valence-corrected chi connectivity index (χ4v) is 3.63. The van der Waals surface area contributed by atoms with Crippen molar-refractivity contribution in [3.63, 3.8) is 0 Å². The average Bonchev–Trinajstić information content (AvgIpc) is 2.91. The van der Waals surface area contributed by atoms with E-state index >= 15 is 0 Å². The Bertz CT molecular complexity index is 390. The van der Waals surface area contributed by atoms with Crippen molar-refractivity contribution in [2.75, 3.05) is 6.54 Å². The highest BCUT2D eigenvalue weighted by atomic mass is 19.1. The summed E-state index contributed by atoms with van der Waals surface area (Å²) >= 11 is 0. The number of halogens is 1. The number of nitrogens with one attached hydrogen (secondary N) is 1. The first-order chi connectivity index (χ1) is 8.34. The van der Waals surface area contributed by atoms with Crippen LogP contribution in [0.15, 0.2) is 24.3 Å². The van der Waals surface area contributed by atoms with E-state index < -0.39 is 0 Å². The van der Waals surface area contributed by atoms with Crippen molar-refractivity contribution in [3.05, 3.63) is 35.6 Å². The van der Waals surface area contributed by atoms with Crippen molar-refractivity contribution in [2.24, 2.45) is 11.8 Å². The van der Waals surface area contributed by atoms with Crippen molar-refractivity contribution < 1.29 is 4.39 Å². The molecule has 3 unspecified atom stereocenters. The Morgan fingerprint density at radius 3 is 3.00 bits per heavy atom. The van der Waals surface area contributed by atoms with Gasteiger partial charge in [0.2, 0.25) is 0 Å². The van der Waals surface area contributed by atoms with Crippen LogP contribution in [0.1, 0.15) is 31.2 Å². The summed E-state index contributed by atoms with van der Waals surface area (Å²) in [5.74, 6) is 1.72. The molecule has 92 valence electrons. The van der Waals surface area contributed by atoms with Crippen LogP contribution in [0, 0.1) is 17.7 Å². The average molecular weight is 233 g/mol. The van der Waals surface area contributed by atoms with Crippen molar-refractivity contribution in [3.8, 4) is 0 Å². The van der Waals surface area contributed by atoms with Crippen LogP contribution in [-0.2, 0) is 6.42 Å². The van der Waals surface area contributed by atoms with Crippen LogP contribution in [0.4, 0.5) is 4.39 Å². The highest BCUT2D eigenvalue weighted by molar-refractivity contribution is 5.17. The summed E-state index contributed by atoms with van der Waals surface area (Å²) in [6.45, 7) is 1.19. The minimum atomic E-state index is -0.0477. The lowest BCUT2D eigenvalue weighted by Gasteiger charge is -2.18. The molecule has 1 aromatic rings. The van der Waals surface area contributed by atoms with E-state index in [2.05, 4.69) is 5.32 Å². The van der Waals surface area contributed by atoms with Crippen molar-refractivity contribution in [2.45, 2.75) is 38.1 Å². The molecule has 1 heterocycles. The van der Waals surface area contributed by atoms with Gasteiger partial charge in [-0.3, -0.25) is 0 Å². The van der Waals surface area contributed by atoms with E-state index in [9.17, 15) is 4.39 Å². The molecule has 1 aromatic carbocycles. The number of fused-ring (bicyclic) bond motifs is 1. The molecule has 0 amide bonds. The summed E-state index contributed by atoms with van der Waals surface area (Å²) in [6.07, 6.45) is 6.12. The van der Waals surface area contributed by atoms with E-state index in [0.717, 1.165) is 30.2 Å². The van der Waals surface area contributed by atoms with Crippen LogP contribution in [0.3, 0.4) is 0 Å². The smallest absolute Gasteiger partial charge is 0.126 e.